The van der Waals surface area contributed by atoms with Gasteiger partial charge in [-0.25, -0.2) is 0 Å². The zero-order valence-corrected chi connectivity index (χ0v) is 9.90. The van der Waals surface area contributed by atoms with Gasteiger partial charge in [-0.3, -0.25) is 4.98 Å². The highest BCUT2D eigenvalue weighted by Crippen LogP contribution is 2.26. The van der Waals surface area contributed by atoms with Gasteiger partial charge in [-0.1, -0.05) is 26.7 Å². The molecular formula is C13H21NO. The van der Waals surface area contributed by atoms with E-state index < -0.39 is 0 Å². The number of aryl methyl sites for hydroxylation is 1. The van der Waals surface area contributed by atoms with Gasteiger partial charge in [-0.15, -0.1) is 0 Å². The number of hydrogen-bond donors (Lipinski definition) is 1. The van der Waals surface area contributed by atoms with Gasteiger partial charge >= 0.3 is 0 Å². The third-order valence-electron chi connectivity index (χ3n) is 3.13. The minimum absolute atomic E-state index is 0.335. The zero-order chi connectivity index (χ0) is 11.3. The molecule has 1 aromatic heterocycles. The van der Waals surface area contributed by atoms with Crippen LogP contribution in [0, 0.1) is 12.8 Å². The van der Waals surface area contributed by atoms with E-state index >= 15 is 0 Å². The van der Waals surface area contributed by atoms with E-state index in [1.807, 2.05) is 19.2 Å². The molecule has 1 N–H and O–H groups in total. The van der Waals surface area contributed by atoms with Gasteiger partial charge in [0.25, 0.3) is 0 Å². The summed E-state index contributed by atoms with van der Waals surface area (Å²) in [4.78, 5) is 4.04. The molecular weight excluding hydrogens is 186 g/mol. The fourth-order valence-corrected chi connectivity index (χ4v) is 1.92. The van der Waals surface area contributed by atoms with Gasteiger partial charge in [0, 0.05) is 12.4 Å². The Morgan fingerprint density at radius 3 is 2.53 bits per heavy atom. The van der Waals surface area contributed by atoms with Gasteiger partial charge in [-0.2, -0.15) is 0 Å². The lowest BCUT2D eigenvalue weighted by Crippen LogP contribution is -2.07. The normalized spacial score (nSPS) is 13.1. The predicted molar refractivity (Wildman–Crippen MR) is 62.6 cm³/mol. The van der Waals surface area contributed by atoms with Crippen LogP contribution in [0.5, 0.6) is 0 Å². The first-order valence-corrected chi connectivity index (χ1v) is 5.77. The standard InChI is InChI=1S/C13H21NO/c1-4-11(5-2)8-13(15)12-6-7-14-9-10(12)3/h6-7,9,11,13,15H,4-5,8H2,1-3H3. The van der Waals surface area contributed by atoms with Crippen molar-refractivity contribution in [2.75, 3.05) is 0 Å². The van der Waals surface area contributed by atoms with Crippen LogP contribution in [0.3, 0.4) is 0 Å². The quantitative estimate of drug-likeness (QED) is 0.804. The molecule has 2 nitrogen and oxygen atoms in total. The van der Waals surface area contributed by atoms with Crippen molar-refractivity contribution in [2.45, 2.75) is 46.1 Å². The smallest absolute Gasteiger partial charge is 0.0796 e. The van der Waals surface area contributed by atoms with E-state index in [0.29, 0.717) is 5.92 Å². The summed E-state index contributed by atoms with van der Waals surface area (Å²) in [6.07, 6.45) is 6.36. The van der Waals surface area contributed by atoms with Gasteiger partial charge in [0.2, 0.25) is 0 Å². The third-order valence-corrected chi connectivity index (χ3v) is 3.13. The van der Waals surface area contributed by atoms with E-state index in [0.717, 1.165) is 30.4 Å². The second-order valence-corrected chi connectivity index (χ2v) is 4.17. The molecule has 15 heavy (non-hydrogen) atoms. The van der Waals surface area contributed by atoms with Crippen molar-refractivity contribution in [3.8, 4) is 0 Å². The minimum atomic E-state index is -0.335. The SMILES string of the molecule is CCC(CC)CC(O)c1ccncc1C. The van der Waals surface area contributed by atoms with Gasteiger partial charge in [-0.05, 0) is 36.5 Å². The summed E-state index contributed by atoms with van der Waals surface area (Å²) in [5, 5.41) is 10.1. The Hall–Kier alpha value is -0.890. The van der Waals surface area contributed by atoms with Crippen molar-refractivity contribution in [1.29, 1.82) is 0 Å². The molecule has 1 unspecified atom stereocenters. The molecule has 0 spiro atoms. The molecule has 2 heteroatoms. The minimum Gasteiger partial charge on any atom is -0.388 e. The molecule has 0 amide bonds. The Balaban J connectivity index is 2.68. The summed E-state index contributed by atoms with van der Waals surface area (Å²) in [5.74, 6) is 0.618. The first-order chi connectivity index (χ1) is 7.19. The highest BCUT2D eigenvalue weighted by molar-refractivity contribution is 5.23. The molecule has 0 fully saturated rings. The largest absolute Gasteiger partial charge is 0.388 e. The van der Waals surface area contributed by atoms with Crippen LogP contribution in [-0.2, 0) is 0 Å². The summed E-state index contributed by atoms with van der Waals surface area (Å²) in [6, 6.07) is 1.92. The molecule has 1 heterocycles. The van der Waals surface area contributed by atoms with Crippen molar-refractivity contribution < 1.29 is 5.11 Å². The van der Waals surface area contributed by atoms with Crippen LogP contribution < -0.4 is 0 Å². The summed E-state index contributed by atoms with van der Waals surface area (Å²) in [7, 11) is 0. The summed E-state index contributed by atoms with van der Waals surface area (Å²) < 4.78 is 0. The molecule has 1 aromatic rings. The van der Waals surface area contributed by atoms with E-state index in [1.165, 1.54) is 0 Å². The summed E-state index contributed by atoms with van der Waals surface area (Å²) in [5.41, 5.74) is 2.10. The maximum Gasteiger partial charge on any atom is 0.0796 e. The molecule has 0 bridgehead atoms. The summed E-state index contributed by atoms with van der Waals surface area (Å²) in [6.45, 7) is 6.36. The van der Waals surface area contributed by atoms with Crippen molar-refractivity contribution in [2.24, 2.45) is 5.92 Å². The molecule has 0 aliphatic heterocycles. The lowest BCUT2D eigenvalue weighted by Gasteiger charge is -2.18. The van der Waals surface area contributed by atoms with E-state index in [2.05, 4.69) is 18.8 Å². The molecule has 1 atom stereocenters. The highest BCUT2D eigenvalue weighted by Gasteiger charge is 2.14. The number of rotatable bonds is 5. The number of pyridine rings is 1. The van der Waals surface area contributed by atoms with Crippen molar-refractivity contribution in [1.82, 2.24) is 4.98 Å². The third kappa shape index (κ3) is 3.31. The number of aliphatic hydroxyl groups excluding tert-OH is 1. The fraction of sp³-hybridized carbons (Fsp3) is 0.615. The van der Waals surface area contributed by atoms with Gasteiger partial charge in [0.15, 0.2) is 0 Å². The van der Waals surface area contributed by atoms with Crippen LogP contribution in [0.4, 0.5) is 0 Å². The van der Waals surface area contributed by atoms with Crippen LogP contribution in [-0.4, -0.2) is 10.1 Å². The monoisotopic (exact) mass is 207 g/mol. The Morgan fingerprint density at radius 2 is 2.00 bits per heavy atom. The van der Waals surface area contributed by atoms with Crippen LogP contribution in [0.1, 0.15) is 50.3 Å². The van der Waals surface area contributed by atoms with Crippen LogP contribution >= 0.6 is 0 Å². The number of nitrogens with zero attached hydrogens (tertiary/aromatic N) is 1. The second kappa shape index (κ2) is 5.86. The van der Waals surface area contributed by atoms with Crippen LogP contribution in [0.2, 0.25) is 0 Å². The number of aromatic nitrogens is 1. The van der Waals surface area contributed by atoms with Crippen molar-refractivity contribution in [3.63, 3.8) is 0 Å². The lowest BCUT2D eigenvalue weighted by atomic mass is 9.92. The Bertz CT molecular complexity index is 294. The first-order valence-electron chi connectivity index (χ1n) is 5.77. The van der Waals surface area contributed by atoms with Crippen LogP contribution in [0.15, 0.2) is 18.5 Å². The molecule has 84 valence electrons. The maximum absolute atomic E-state index is 10.1. The molecule has 1 rings (SSSR count). The van der Waals surface area contributed by atoms with E-state index in [9.17, 15) is 5.11 Å². The van der Waals surface area contributed by atoms with Crippen LogP contribution in [0.25, 0.3) is 0 Å². The molecule has 0 aromatic carbocycles. The zero-order valence-electron chi connectivity index (χ0n) is 9.90. The van der Waals surface area contributed by atoms with Gasteiger partial charge < -0.3 is 5.11 Å². The van der Waals surface area contributed by atoms with E-state index in [-0.39, 0.29) is 6.10 Å². The van der Waals surface area contributed by atoms with Crippen molar-refractivity contribution in [3.05, 3.63) is 29.6 Å². The fourth-order valence-electron chi connectivity index (χ4n) is 1.92. The first kappa shape index (κ1) is 12.2. The maximum atomic E-state index is 10.1. The Morgan fingerprint density at radius 1 is 1.33 bits per heavy atom. The predicted octanol–water partition coefficient (Wildman–Crippen LogP) is 3.25. The van der Waals surface area contributed by atoms with E-state index in [1.54, 1.807) is 6.20 Å². The molecule has 0 saturated heterocycles. The Labute approximate surface area is 92.4 Å². The van der Waals surface area contributed by atoms with Gasteiger partial charge in [0.05, 0.1) is 6.10 Å². The molecule has 0 aliphatic carbocycles. The van der Waals surface area contributed by atoms with Crippen molar-refractivity contribution >= 4 is 0 Å². The average molecular weight is 207 g/mol. The highest BCUT2D eigenvalue weighted by atomic mass is 16.3. The van der Waals surface area contributed by atoms with E-state index in [4.69, 9.17) is 0 Å². The molecule has 0 radical (unpaired) electrons. The topological polar surface area (TPSA) is 33.1 Å². The summed E-state index contributed by atoms with van der Waals surface area (Å²) >= 11 is 0. The number of hydrogen-bond acceptors (Lipinski definition) is 2. The number of aliphatic hydroxyl groups is 1. The molecule has 0 aliphatic rings. The Kier molecular flexibility index (Phi) is 4.76. The van der Waals surface area contributed by atoms with Gasteiger partial charge in [0.1, 0.15) is 0 Å². The lowest BCUT2D eigenvalue weighted by molar-refractivity contribution is 0.140. The average Bonchev–Trinajstić information content (AvgIpc) is 2.26. The second-order valence-electron chi connectivity index (χ2n) is 4.17. The molecule has 0 saturated carbocycles.